The van der Waals surface area contributed by atoms with Crippen LogP contribution in [0.2, 0.25) is 5.02 Å². The van der Waals surface area contributed by atoms with E-state index in [2.05, 4.69) is 5.32 Å². The van der Waals surface area contributed by atoms with Crippen LogP contribution in [0, 0.1) is 0 Å². The van der Waals surface area contributed by atoms with E-state index in [1.165, 1.54) is 0 Å². The molecule has 0 radical (unpaired) electrons. The first-order chi connectivity index (χ1) is 17.4. The Bertz CT molecular complexity index is 1330. The van der Waals surface area contributed by atoms with Crippen LogP contribution >= 0.6 is 11.6 Å². The topological polar surface area (TPSA) is 92.8 Å². The summed E-state index contributed by atoms with van der Waals surface area (Å²) in [6.45, 7) is 0. The van der Waals surface area contributed by atoms with Gasteiger partial charge in [-0.1, -0.05) is 42.3 Å². The number of fused-ring (bicyclic) bond motifs is 1. The van der Waals surface area contributed by atoms with Crippen molar-refractivity contribution in [3.63, 3.8) is 0 Å². The van der Waals surface area contributed by atoms with E-state index in [1.807, 2.05) is 0 Å². The summed E-state index contributed by atoms with van der Waals surface area (Å²) in [5, 5.41) is 3.11. The largest absolute Gasteiger partial charge is 0.445 e. The lowest BCUT2D eigenvalue weighted by molar-refractivity contribution is -0.138. The van der Waals surface area contributed by atoms with Gasteiger partial charge in [-0.25, -0.2) is 9.69 Å². The van der Waals surface area contributed by atoms with Crippen LogP contribution in [0.25, 0.3) is 0 Å². The molecule has 0 spiro atoms. The molecule has 1 fully saturated rings. The molecule has 0 atom stereocenters. The summed E-state index contributed by atoms with van der Waals surface area (Å²) < 4.78 is 5.82. The van der Waals surface area contributed by atoms with Gasteiger partial charge in [0, 0.05) is 5.69 Å². The maximum atomic E-state index is 13.4. The first kappa shape index (κ1) is 23.8. The van der Waals surface area contributed by atoms with E-state index in [9.17, 15) is 19.2 Å². The third kappa shape index (κ3) is 4.27. The molecule has 0 unspecified atom stereocenters. The highest BCUT2D eigenvalue weighted by Crippen LogP contribution is 2.35. The molecule has 0 aromatic heterocycles. The molecule has 7 nitrogen and oxygen atoms in total. The predicted molar refractivity (Wildman–Crippen MR) is 135 cm³/mol. The van der Waals surface area contributed by atoms with Gasteiger partial charge >= 0.3 is 5.97 Å². The third-order valence-corrected chi connectivity index (χ3v) is 6.96. The first-order valence-electron chi connectivity index (χ1n) is 11.8. The van der Waals surface area contributed by atoms with Gasteiger partial charge in [0.15, 0.2) is 5.60 Å². The molecular formula is C28H23ClN2O5. The van der Waals surface area contributed by atoms with E-state index in [-0.39, 0.29) is 22.4 Å². The molecule has 0 bridgehead atoms. The van der Waals surface area contributed by atoms with Gasteiger partial charge in [0.1, 0.15) is 0 Å². The van der Waals surface area contributed by atoms with Crippen molar-refractivity contribution in [2.45, 2.75) is 37.7 Å². The fourth-order valence-electron chi connectivity index (χ4n) is 4.72. The molecular weight excluding hydrogens is 480 g/mol. The van der Waals surface area contributed by atoms with Gasteiger partial charge in [-0.3, -0.25) is 14.4 Å². The van der Waals surface area contributed by atoms with Crippen molar-refractivity contribution in [1.82, 2.24) is 0 Å². The number of rotatable bonds is 5. The molecule has 1 heterocycles. The Labute approximate surface area is 213 Å². The normalized spacial score (nSPS) is 16.4. The second-order valence-electron chi connectivity index (χ2n) is 8.92. The van der Waals surface area contributed by atoms with Crippen LogP contribution in [-0.2, 0) is 9.53 Å². The lowest BCUT2D eigenvalue weighted by Gasteiger charge is -2.35. The number of amides is 3. The third-order valence-electron chi connectivity index (χ3n) is 6.63. The quantitative estimate of drug-likeness (QED) is 0.360. The second-order valence-corrected chi connectivity index (χ2v) is 9.32. The predicted octanol–water partition coefficient (Wildman–Crippen LogP) is 5.64. The Hall–Kier alpha value is -3.97. The standard InChI is InChI=1S/C28H23ClN2O5/c29-23-11-5-4-10-22(23)26(34)36-28(16-6-1-7-17-28)27(35)30-18-12-14-19(15-13-18)31-24(32)20-8-2-3-9-21(20)25(31)33/h2-5,8-15H,1,6-7,16-17H2,(H,30,35). The van der Waals surface area contributed by atoms with Gasteiger partial charge in [-0.15, -0.1) is 0 Å². The number of nitrogens with one attached hydrogen (secondary N) is 1. The number of benzene rings is 3. The molecule has 8 heteroatoms. The number of halogens is 1. The summed E-state index contributed by atoms with van der Waals surface area (Å²) in [7, 11) is 0. The van der Waals surface area contributed by atoms with Crippen molar-refractivity contribution < 1.29 is 23.9 Å². The summed E-state index contributed by atoms with van der Waals surface area (Å²) in [5.41, 5.74) is 0.479. The zero-order valence-corrected chi connectivity index (χ0v) is 20.1. The van der Waals surface area contributed by atoms with Crippen LogP contribution in [0.15, 0.2) is 72.8 Å². The summed E-state index contributed by atoms with van der Waals surface area (Å²) in [6.07, 6.45) is 3.27. The Morgan fingerprint density at radius 2 is 1.39 bits per heavy atom. The van der Waals surface area contributed by atoms with E-state index < -0.39 is 17.5 Å². The van der Waals surface area contributed by atoms with Crippen molar-refractivity contribution in [1.29, 1.82) is 0 Å². The molecule has 36 heavy (non-hydrogen) atoms. The summed E-state index contributed by atoms with van der Waals surface area (Å²) >= 11 is 6.16. The lowest BCUT2D eigenvalue weighted by atomic mass is 9.83. The van der Waals surface area contributed by atoms with Crippen molar-refractivity contribution >= 4 is 46.7 Å². The monoisotopic (exact) mass is 502 g/mol. The van der Waals surface area contributed by atoms with Crippen LogP contribution in [0.3, 0.4) is 0 Å². The minimum absolute atomic E-state index is 0.210. The van der Waals surface area contributed by atoms with E-state index in [1.54, 1.807) is 72.8 Å². The Morgan fingerprint density at radius 3 is 2.00 bits per heavy atom. The van der Waals surface area contributed by atoms with Crippen LogP contribution in [0.1, 0.15) is 63.2 Å². The van der Waals surface area contributed by atoms with Crippen LogP contribution in [-0.4, -0.2) is 29.3 Å². The molecule has 2 aliphatic rings. The molecule has 1 aliphatic heterocycles. The number of hydrogen-bond donors (Lipinski definition) is 1. The molecule has 182 valence electrons. The SMILES string of the molecule is O=C(OC1(C(=O)Nc2ccc(N3C(=O)c4ccccc4C3=O)cc2)CCCCC1)c1ccccc1Cl. The number of hydrogen-bond acceptors (Lipinski definition) is 5. The fourth-order valence-corrected chi connectivity index (χ4v) is 4.93. The Balaban J connectivity index is 1.33. The molecule has 3 amide bonds. The summed E-state index contributed by atoms with van der Waals surface area (Å²) in [5.74, 6) is -1.84. The molecule has 3 aromatic carbocycles. The average molecular weight is 503 g/mol. The highest BCUT2D eigenvalue weighted by molar-refractivity contribution is 6.34. The van der Waals surface area contributed by atoms with Crippen molar-refractivity contribution in [3.8, 4) is 0 Å². The number of carbonyl (C=O) groups is 4. The minimum Gasteiger partial charge on any atom is -0.445 e. The number of imide groups is 1. The van der Waals surface area contributed by atoms with Crippen LogP contribution in [0.5, 0.6) is 0 Å². The molecule has 1 N–H and O–H groups in total. The number of nitrogens with zero attached hydrogens (tertiary/aromatic N) is 1. The van der Waals surface area contributed by atoms with Gasteiger partial charge in [0.25, 0.3) is 17.7 Å². The molecule has 1 aliphatic carbocycles. The Morgan fingerprint density at radius 1 is 0.806 bits per heavy atom. The summed E-state index contributed by atoms with van der Waals surface area (Å²) in [6, 6.07) is 19.7. The highest BCUT2D eigenvalue weighted by Gasteiger charge is 2.44. The van der Waals surface area contributed by atoms with Gasteiger partial charge in [0.2, 0.25) is 0 Å². The number of anilines is 2. The van der Waals surface area contributed by atoms with E-state index in [0.29, 0.717) is 35.3 Å². The molecule has 3 aromatic rings. The smallest absolute Gasteiger partial charge is 0.340 e. The van der Waals surface area contributed by atoms with Crippen molar-refractivity contribution in [2.75, 3.05) is 10.2 Å². The van der Waals surface area contributed by atoms with Gasteiger partial charge in [0.05, 0.1) is 27.4 Å². The Kier molecular flexibility index (Phi) is 6.33. The first-order valence-corrected chi connectivity index (χ1v) is 12.1. The maximum absolute atomic E-state index is 13.4. The van der Waals surface area contributed by atoms with E-state index in [4.69, 9.17) is 16.3 Å². The van der Waals surface area contributed by atoms with Gasteiger partial charge in [-0.2, -0.15) is 0 Å². The fraction of sp³-hybridized carbons (Fsp3) is 0.214. The van der Waals surface area contributed by atoms with Crippen LogP contribution in [0.4, 0.5) is 11.4 Å². The number of ether oxygens (including phenoxy) is 1. The maximum Gasteiger partial charge on any atom is 0.340 e. The number of esters is 1. The second kappa shape index (κ2) is 9.59. The molecule has 1 saturated carbocycles. The molecule has 5 rings (SSSR count). The zero-order valence-electron chi connectivity index (χ0n) is 19.3. The average Bonchev–Trinajstić information content (AvgIpc) is 3.15. The van der Waals surface area contributed by atoms with Gasteiger partial charge in [-0.05, 0) is 74.2 Å². The van der Waals surface area contributed by atoms with Crippen molar-refractivity contribution in [2.24, 2.45) is 0 Å². The zero-order chi connectivity index (χ0) is 25.3. The minimum atomic E-state index is -1.31. The molecule has 0 saturated heterocycles. The van der Waals surface area contributed by atoms with Crippen molar-refractivity contribution in [3.05, 3.63) is 94.5 Å². The van der Waals surface area contributed by atoms with Crippen LogP contribution < -0.4 is 10.2 Å². The highest BCUT2D eigenvalue weighted by atomic mass is 35.5. The van der Waals surface area contributed by atoms with E-state index in [0.717, 1.165) is 24.2 Å². The van der Waals surface area contributed by atoms with E-state index >= 15 is 0 Å². The summed E-state index contributed by atoms with van der Waals surface area (Å²) in [4.78, 5) is 52.9. The lowest BCUT2D eigenvalue weighted by Crippen LogP contribution is -2.48. The number of carbonyl (C=O) groups excluding carboxylic acids is 4. The van der Waals surface area contributed by atoms with Gasteiger partial charge < -0.3 is 10.1 Å².